The zero-order valence-electron chi connectivity index (χ0n) is 19.2. The zero-order valence-corrected chi connectivity index (χ0v) is 20.0. The average Bonchev–Trinajstić information content (AvgIpc) is 3.41. The van der Waals surface area contributed by atoms with Crippen LogP contribution < -0.4 is 9.64 Å². The minimum absolute atomic E-state index is 0.0353. The molecular weight excluding hydrogens is 434 g/mol. The first-order chi connectivity index (χ1) is 15.7. The van der Waals surface area contributed by atoms with E-state index in [1.807, 2.05) is 31.2 Å². The Kier molecular flexibility index (Phi) is 6.13. The Morgan fingerprint density at radius 1 is 1.06 bits per heavy atom. The summed E-state index contributed by atoms with van der Waals surface area (Å²) >= 11 is 1.29. The maximum Gasteiger partial charge on any atom is 0.294 e. The van der Waals surface area contributed by atoms with E-state index in [-0.39, 0.29) is 16.8 Å². The summed E-state index contributed by atoms with van der Waals surface area (Å²) in [4.78, 5) is 28.6. The third-order valence-corrected chi connectivity index (χ3v) is 6.58. The topological polar surface area (TPSA) is 66.8 Å². The number of hydrogen-bond donors (Lipinski definition) is 1. The highest BCUT2D eigenvalue weighted by Crippen LogP contribution is 2.43. The van der Waals surface area contributed by atoms with Crippen LogP contribution in [0.1, 0.15) is 54.5 Å². The van der Waals surface area contributed by atoms with Gasteiger partial charge in [-0.1, -0.05) is 51.1 Å². The number of benzene rings is 2. The van der Waals surface area contributed by atoms with E-state index in [0.29, 0.717) is 22.9 Å². The maximum absolute atomic E-state index is 13.4. The molecule has 5 nitrogen and oxygen atoms in total. The van der Waals surface area contributed by atoms with Gasteiger partial charge in [-0.15, -0.1) is 11.3 Å². The van der Waals surface area contributed by atoms with Crippen LogP contribution in [0, 0.1) is 0 Å². The van der Waals surface area contributed by atoms with Gasteiger partial charge >= 0.3 is 0 Å². The van der Waals surface area contributed by atoms with E-state index in [9.17, 15) is 14.7 Å². The van der Waals surface area contributed by atoms with Crippen molar-refractivity contribution in [1.82, 2.24) is 0 Å². The first kappa shape index (κ1) is 22.8. The van der Waals surface area contributed by atoms with Gasteiger partial charge in [0.05, 0.1) is 23.1 Å². The van der Waals surface area contributed by atoms with Gasteiger partial charge in [0.25, 0.3) is 5.91 Å². The lowest BCUT2D eigenvalue weighted by Gasteiger charge is -2.28. The number of ether oxygens (including phenoxy) is 1. The van der Waals surface area contributed by atoms with Crippen LogP contribution in [0.4, 0.5) is 5.69 Å². The molecule has 1 amide bonds. The normalized spacial score (nSPS) is 16.4. The predicted octanol–water partition coefficient (Wildman–Crippen LogP) is 6.23. The van der Waals surface area contributed by atoms with Gasteiger partial charge in [-0.3, -0.25) is 14.5 Å². The highest BCUT2D eigenvalue weighted by Gasteiger charge is 2.44. The summed E-state index contributed by atoms with van der Waals surface area (Å²) < 4.78 is 5.52. The minimum Gasteiger partial charge on any atom is -0.503 e. The van der Waals surface area contributed by atoms with Crippen LogP contribution in [0.15, 0.2) is 77.4 Å². The van der Waals surface area contributed by atoms with Crippen LogP contribution in [0.3, 0.4) is 0 Å². The number of ketones is 1. The first-order valence-electron chi connectivity index (χ1n) is 10.9. The van der Waals surface area contributed by atoms with Gasteiger partial charge in [-0.2, -0.15) is 0 Å². The number of hydrogen-bond acceptors (Lipinski definition) is 5. The van der Waals surface area contributed by atoms with Crippen LogP contribution in [0.5, 0.6) is 5.75 Å². The first-order valence-corrected chi connectivity index (χ1v) is 11.8. The molecule has 1 atom stereocenters. The Balaban J connectivity index is 1.82. The second-order valence-electron chi connectivity index (χ2n) is 8.95. The quantitative estimate of drug-likeness (QED) is 0.442. The third kappa shape index (κ3) is 4.31. The van der Waals surface area contributed by atoms with Gasteiger partial charge in [-0.25, -0.2) is 0 Å². The van der Waals surface area contributed by atoms with Crippen molar-refractivity contribution in [2.24, 2.45) is 0 Å². The molecule has 1 aliphatic rings. The maximum atomic E-state index is 13.4. The number of nitrogens with zero attached hydrogens (tertiary/aromatic N) is 1. The van der Waals surface area contributed by atoms with Crippen LogP contribution in [-0.2, 0) is 10.2 Å². The smallest absolute Gasteiger partial charge is 0.294 e. The molecule has 2 heterocycles. The molecule has 0 saturated carbocycles. The molecular formula is C27H27NO4S. The third-order valence-electron chi connectivity index (χ3n) is 5.72. The van der Waals surface area contributed by atoms with Crippen molar-refractivity contribution in [3.8, 4) is 5.75 Å². The molecule has 33 heavy (non-hydrogen) atoms. The number of carbonyl (C=O) groups excluding carboxylic acids is 2. The van der Waals surface area contributed by atoms with E-state index < -0.39 is 17.7 Å². The monoisotopic (exact) mass is 461 g/mol. The SMILES string of the molecule is CCOc1ccc(N2C(=O)C(O)=C(C(=O)c3cccs3)C2c2ccc(C(C)(C)C)cc2)cc1. The fraction of sp³-hybridized carbons (Fsp3) is 0.259. The number of rotatable bonds is 6. The summed E-state index contributed by atoms with van der Waals surface area (Å²) in [5, 5.41) is 12.7. The van der Waals surface area contributed by atoms with E-state index in [1.165, 1.54) is 16.2 Å². The zero-order chi connectivity index (χ0) is 23.8. The molecule has 0 radical (unpaired) electrons. The van der Waals surface area contributed by atoms with Crippen molar-refractivity contribution in [2.75, 3.05) is 11.5 Å². The lowest BCUT2D eigenvalue weighted by molar-refractivity contribution is -0.117. The summed E-state index contributed by atoms with van der Waals surface area (Å²) in [6.07, 6.45) is 0. The molecule has 1 unspecified atom stereocenters. The Labute approximate surface area is 197 Å². The molecule has 4 rings (SSSR count). The Morgan fingerprint density at radius 3 is 2.27 bits per heavy atom. The predicted molar refractivity (Wildman–Crippen MR) is 131 cm³/mol. The fourth-order valence-electron chi connectivity index (χ4n) is 3.99. The molecule has 2 aromatic carbocycles. The van der Waals surface area contributed by atoms with Crippen molar-refractivity contribution < 1.29 is 19.4 Å². The Bertz CT molecular complexity index is 1190. The van der Waals surface area contributed by atoms with E-state index in [2.05, 4.69) is 20.8 Å². The van der Waals surface area contributed by atoms with Crippen LogP contribution in [0.25, 0.3) is 0 Å². The Hall–Kier alpha value is -3.38. The summed E-state index contributed by atoms with van der Waals surface area (Å²) in [7, 11) is 0. The van der Waals surface area contributed by atoms with E-state index >= 15 is 0 Å². The van der Waals surface area contributed by atoms with Gasteiger partial charge in [0.15, 0.2) is 5.76 Å². The molecule has 3 aromatic rings. The molecule has 0 aliphatic carbocycles. The summed E-state index contributed by atoms with van der Waals surface area (Å²) in [5.41, 5.74) is 2.54. The number of thiophene rings is 1. The molecule has 1 N–H and O–H groups in total. The van der Waals surface area contributed by atoms with Crippen LogP contribution >= 0.6 is 11.3 Å². The van der Waals surface area contributed by atoms with Crippen molar-refractivity contribution in [2.45, 2.75) is 39.2 Å². The molecule has 6 heteroatoms. The number of amides is 1. The van der Waals surface area contributed by atoms with Crippen molar-refractivity contribution in [3.05, 3.63) is 93.4 Å². The largest absolute Gasteiger partial charge is 0.503 e. The number of aliphatic hydroxyl groups excluding tert-OH is 1. The van der Waals surface area contributed by atoms with Gasteiger partial charge in [-0.05, 0) is 59.2 Å². The van der Waals surface area contributed by atoms with Crippen molar-refractivity contribution in [3.63, 3.8) is 0 Å². The summed E-state index contributed by atoms with van der Waals surface area (Å²) in [6, 6.07) is 17.7. The number of carbonyl (C=O) groups is 2. The summed E-state index contributed by atoms with van der Waals surface area (Å²) in [5.74, 6) is -0.753. The molecule has 0 fully saturated rings. The van der Waals surface area contributed by atoms with Gasteiger partial charge in [0.1, 0.15) is 5.75 Å². The molecule has 0 spiro atoms. The minimum atomic E-state index is -0.737. The fourth-order valence-corrected chi connectivity index (χ4v) is 4.67. The van der Waals surface area contributed by atoms with Crippen LogP contribution in [-0.4, -0.2) is 23.4 Å². The lowest BCUT2D eigenvalue weighted by Crippen LogP contribution is -2.31. The van der Waals surface area contributed by atoms with E-state index in [4.69, 9.17) is 4.74 Å². The van der Waals surface area contributed by atoms with Gasteiger partial charge in [0, 0.05) is 5.69 Å². The van der Waals surface area contributed by atoms with Gasteiger partial charge < -0.3 is 9.84 Å². The molecule has 0 bridgehead atoms. The number of anilines is 1. The van der Waals surface area contributed by atoms with Crippen molar-refractivity contribution in [1.29, 1.82) is 0 Å². The Morgan fingerprint density at radius 2 is 1.73 bits per heavy atom. The van der Waals surface area contributed by atoms with Gasteiger partial charge in [0.2, 0.25) is 5.78 Å². The molecule has 1 aromatic heterocycles. The van der Waals surface area contributed by atoms with E-state index in [1.54, 1.807) is 41.8 Å². The highest BCUT2D eigenvalue weighted by molar-refractivity contribution is 7.12. The standard InChI is InChI=1S/C27H27NO4S/c1-5-32-20-14-12-19(13-15-20)28-23(17-8-10-18(11-9-17)27(2,3)4)22(25(30)26(28)31)24(29)21-7-6-16-33-21/h6-16,23,30H,5H2,1-4H3. The number of Topliss-reactive ketones (excluding diaryl/α,β-unsaturated/α-hetero) is 1. The lowest BCUT2D eigenvalue weighted by atomic mass is 9.85. The summed E-state index contributed by atoms with van der Waals surface area (Å²) in [6.45, 7) is 8.83. The number of aliphatic hydroxyl groups is 1. The molecule has 0 saturated heterocycles. The molecule has 1 aliphatic heterocycles. The molecule has 170 valence electrons. The second kappa shape index (κ2) is 8.87. The van der Waals surface area contributed by atoms with E-state index in [0.717, 1.165) is 11.1 Å². The van der Waals surface area contributed by atoms with Crippen molar-refractivity contribution >= 4 is 28.7 Å². The van der Waals surface area contributed by atoms with Crippen LogP contribution in [0.2, 0.25) is 0 Å². The highest BCUT2D eigenvalue weighted by atomic mass is 32.1. The second-order valence-corrected chi connectivity index (χ2v) is 9.89. The average molecular weight is 462 g/mol.